The molecule has 5 heteroatoms. The number of aryl methyl sites for hydroxylation is 2. The molecule has 5 nitrogen and oxygen atoms in total. The van der Waals surface area contributed by atoms with Crippen molar-refractivity contribution in [1.29, 1.82) is 0 Å². The van der Waals surface area contributed by atoms with E-state index in [0.717, 1.165) is 17.1 Å². The Kier molecular flexibility index (Phi) is 4.55. The summed E-state index contributed by atoms with van der Waals surface area (Å²) in [5.74, 6) is 0.493. The minimum Gasteiger partial charge on any atom is -0.366 e. The molecule has 0 aliphatic heterocycles. The topological polar surface area (TPSA) is 66.9 Å². The number of hydrogen-bond acceptors (Lipinski definition) is 4. The lowest BCUT2D eigenvalue weighted by atomic mass is 10.1. The van der Waals surface area contributed by atoms with Gasteiger partial charge in [0.05, 0.1) is 12.4 Å². The molecule has 0 bridgehead atoms. The lowest BCUT2D eigenvalue weighted by molar-refractivity contribution is 0.102. The maximum absolute atomic E-state index is 12.2. The van der Waals surface area contributed by atoms with Gasteiger partial charge < -0.3 is 10.6 Å². The molecule has 0 saturated heterocycles. The van der Waals surface area contributed by atoms with Crippen LogP contribution in [0, 0.1) is 13.8 Å². The highest BCUT2D eigenvalue weighted by Gasteiger charge is 2.15. The second-order valence-electron chi connectivity index (χ2n) is 6.17. The summed E-state index contributed by atoms with van der Waals surface area (Å²) in [6.45, 7) is 4.07. The molecule has 0 unspecified atom stereocenters. The van der Waals surface area contributed by atoms with Gasteiger partial charge in [0.1, 0.15) is 11.5 Å². The van der Waals surface area contributed by atoms with Gasteiger partial charge in [-0.3, -0.25) is 4.79 Å². The highest BCUT2D eigenvalue weighted by atomic mass is 16.1. The van der Waals surface area contributed by atoms with E-state index in [1.165, 1.54) is 37.4 Å². The van der Waals surface area contributed by atoms with Crippen molar-refractivity contribution in [2.45, 2.75) is 45.6 Å². The third-order valence-electron chi connectivity index (χ3n) is 4.36. The molecular weight excluding hydrogens is 288 g/mol. The van der Waals surface area contributed by atoms with Gasteiger partial charge in [0.2, 0.25) is 0 Å². The molecule has 3 rings (SSSR count). The number of nitrogens with zero attached hydrogens (tertiary/aromatic N) is 2. The number of hydrogen-bond donors (Lipinski definition) is 2. The van der Waals surface area contributed by atoms with Crippen molar-refractivity contribution in [2.75, 3.05) is 10.6 Å². The fourth-order valence-corrected chi connectivity index (χ4v) is 2.81. The van der Waals surface area contributed by atoms with Crippen molar-refractivity contribution >= 4 is 17.4 Å². The standard InChI is InChI=1S/C18H22N4O/c1-12-7-8-15(9-13(12)2)22-18(23)16-10-20-17(11-19-16)21-14-5-3-4-6-14/h7-11,14H,3-6H2,1-2H3,(H,20,21)(H,22,23). The number of amides is 1. The Balaban J connectivity index is 1.63. The predicted molar refractivity (Wildman–Crippen MR) is 91.8 cm³/mol. The Morgan fingerprint density at radius 1 is 1.09 bits per heavy atom. The van der Waals surface area contributed by atoms with Gasteiger partial charge in [-0.25, -0.2) is 9.97 Å². The van der Waals surface area contributed by atoms with Crippen LogP contribution >= 0.6 is 0 Å². The molecule has 1 saturated carbocycles. The van der Waals surface area contributed by atoms with E-state index in [1.807, 2.05) is 32.0 Å². The van der Waals surface area contributed by atoms with Gasteiger partial charge in [0, 0.05) is 11.7 Å². The Morgan fingerprint density at radius 2 is 1.87 bits per heavy atom. The highest BCUT2D eigenvalue weighted by Crippen LogP contribution is 2.21. The van der Waals surface area contributed by atoms with E-state index in [2.05, 4.69) is 20.6 Å². The minimum absolute atomic E-state index is 0.242. The largest absolute Gasteiger partial charge is 0.366 e. The lowest BCUT2D eigenvalue weighted by Gasteiger charge is -2.12. The molecule has 1 aliphatic carbocycles. The van der Waals surface area contributed by atoms with Crippen molar-refractivity contribution in [2.24, 2.45) is 0 Å². The van der Waals surface area contributed by atoms with Crippen LogP contribution in [0.15, 0.2) is 30.6 Å². The molecule has 1 amide bonds. The Hall–Kier alpha value is -2.43. The minimum atomic E-state index is -0.242. The van der Waals surface area contributed by atoms with Crippen LogP contribution in [0.4, 0.5) is 11.5 Å². The average molecular weight is 310 g/mol. The van der Waals surface area contributed by atoms with E-state index in [0.29, 0.717) is 11.7 Å². The van der Waals surface area contributed by atoms with E-state index in [4.69, 9.17) is 0 Å². The maximum Gasteiger partial charge on any atom is 0.275 e. The molecule has 1 heterocycles. The summed E-state index contributed by atoms with van der Waals surface area (Å²) < 4.78 is 0. The third-order valence-corrected chi connectivity index (χ3v) is 4.36. The van der Waals surface area contributed by atoms with E-state index in [1.54, 1.807) is 6.20 Å². The smallest absolute Gasteiger partial charge is 0.275 e. The maximum atomic E-state index is 12.2. The van der Waals surface area contributed by atoms with Crippen LogP contribution in [0.25, 0.3) is 0 Å². The summed E-state index contributed by atoms with van der Waals surface area (Å²) in [5, 5.41) is 6.22. The van der Waals surface area contributed by atoms with Crippen LogP contribution < -0.4 is 10.6 Å². The SMILES string of the molecule is Cc1ccc(NC(=O)c2cnc(NC3CCCC3)cn2)cc1C. The first-order chi connectivity index (χ1) is 11.1. The number of carbonyl (C=O) groups is 1. The lowest BCUT2D eigenvalue weighted by Crippen LogP contribution is -2.17. The molecular formula is C18H22N4O. The van der Waals surface area contributed by atoms with Gasteiger partial charge >= 0.3 is 0 Å². The predicted octanol–water partition coefficient (Wildman–Crippen LogP) is 3.70. The van der Waals surface area contributed by atoms with Crippen LogP contribution in [0.3, 0.4) is 0 Å². The summed E-state index contributed by atoms with van der Waals surface area (Å²) in [5.41, 5.74) is 3.43. The molecule has 2 aromatic rings. The second-order valence-corrected chi connectivity index (χ2v) is 6.17. The monoisotopic (exact) mass is 310 g/mol. The van der Waals surface area contributed by atoms with Crippen molar-refractivity contribution in [3.63, 3.8) is 0 Å². The Morgan fingerprint density at radius 3 is 2.52 bits per heavy atom. The molecule has 23 heavy (non-hydrogen) atoms. The van der Waals surface area contributed by atoms with Crippen molar-refractivity contribution in [3.8, 4) is 0 Å². The summed E-state index contributed by atoms with van der Waals surface area (Å²) in [6, 6.07) is 6.32. The number of rotatable bonds is 4. The Bertz CT molecular complexity index is 691. The molecule has 0 radical (unpaired) electrons. The number of aromatic nitrogens is 2. The fraction of sp³-hybridized carbons (Fsp3) is 0.389. The van der Waals surface area contributed by atoms with Gasteiger partial charge in [-0.05, 0) is 49.9 Å². The molecule has 0 atom stereocenters. The van der Waals surface area contributed by atoms with E-state index < -0.39 is 0 Å². The number of nitrogens with one attached hydrogen (secondary N) is 2. The van der Waals surface area contributed by atoms with Crippen molar-refractivity contribution < 1.29 is 4.79 Å². The summed E-state index contributed by atoms with van der Waals surface area (Å²) >= 11 is 0. The van der Waals surface area contributed by atoms with Gasteiger partial charge in [0.15, 0.2) is 0 Å². The summed E-state index contributed by atoms with van der Waals surface area (Å²) in [4.78, 5) is 20.8. The van der Waals surface area contributed by atoms with Crippen LogP contribution in [0.2, 0.25) is 0 Å². The molecule has 2 N–H and O–H groups in total. The van der Waals surface area contributed by atoms with Crippen molar-refractivity contribution in [1.82, 2.24) is 9.97 Å². The zero-order valence-electron chi connectivity index (χ0n) is 13.6. The number of carbonyl (C=O) groups excluding carboxylic acids is 1. The van der Waals surface area contributed by atoms with Gasteiger partial charge in [0.25, 0.3) is 5.91 Å². The van der Waals surface area contributed by atoms with Crippen LogP contribution in [-0.2, 0) is 0 Å². The number of benzene rings is 1. The summed E-state index contributed by atoms with van der Waals surface area (Å²) in [7, 11) is 0. The average Bonchev–Trinajstić information content (AvgIpc) is 3.04. The molecule has 1 aromatic heterocycles. The van der Waals surface area contributed by atoms with E-state index in [9.17, 15) is 4.79 Å². The molecule has 1 aromatic carbocycles. The first-order valence-corrected chi connectivity index (χ1v) is 8.09. The van der Waals surface area contributed by atoms with Gasteiger partial charge in [-0.1, -0.05) is 18.9 Å². The van der Waals surface area contributed by atoms with Gasteiger partial charge in [-0.15, -0.1) is 0 Å². The normalized spacial score (nSPS) is 14.7. The second kappa shape index (κ2) is 6.77. The van der Waals surface area contributed by atoms with E-state index >= 15 is 0 Å². The molecule has 120 valence electrons. The fourth-order valence-electron chi connectivity index (χ4n) is 2.81. The van der Waals surface area contributed by atoms with Crippen LogP contribution in [-0.4, -0.2) is 21.9 Å². The van der Waals surface area contributed by atoms with Crippen molar-refractivity contribution in [3.05, 3.63) is 47.4 Å². The molecule has 0 spiro atoms. The molecule has 1 aliphatic rings. The van der Waals surface area contributed by atoms with Crippen LogP contribution in [0.5, 0.6) is 0 Å². The molecule has 1 fully saturated rings. The van der Waals surface area contributed by atoms with Gasteiger partial charge in [-0.2, -0.15) is 0 Å². The Labute approximate surface area is 136 Å². The zero-order valence-corrected chi connectivity index (χ0v) is 13.6. The quantitative estimate of drug-likeness (QED) is 0.903. The number of anilines is 2. The highest BCUT2D eigenvalue weighted by molar-refractivity contribution is 6.02. The first-order valence-electron chi connectivity index (χ1n) is 8.09. The zero-order chi connectivity index (χ0) is 16.2. The third kappa shape index (κ3) is 3.86. The first kappa shape index (κ1) is 15.5. The summed E-state index contributed by atoms with van der Waals surface area (Å²) in [6.07, 6.45) is 8.04. The van der Waals surface area contributed by atoms with Crippen LogP contribution in [0.1, 0.15) is 47.3 Å². The van der Waals surface area contributed by atoms with E-state index in [-0.39, 0.29) is 5.91 Å².